The van der Waals surface area contributed by atoms with Gasteiger partial charge in [0.25, 0.3) is 0 Å². The molecule has 0 fully saturated rings. The Kier molecular flexibility index (Phi) is 14.6. The topological polar surface area (TPSA) is 68.2 Å². The molecule has 0 aromatic heterocycles. The third-order valence-corrected chi connectivity index (χ3v) is 1.68. The first kappa shape index (κ1) is 18.2. The minimum Gasteiger partial charge on any atom is -0.394 e. The number of aliphatic hydroxyl groups excluding tert-OH is 2. The van der Waals surface area contributed by atoms with E-state index in [-0.39, 0.29) is 18.8 Å². The van der Waals surface area contributed by atoms with E-state index in [9.17, 15) is 0 Å². The van der Waals surface area contributed by atoms with Crippen molar-refractivity contribution in [3.63, 3.8) is 0 Å². The van der Waals surface area contributed by atoms with Crippen LogP contribution in [-0.4, -0.2) is 62.6 Å². The maximum absolute atomic E-state index is 8.11. The van der Waals surface area contributed by atoms with E-state index < -0.39 is 6.10 Å². The van der Waals surface area contributed by atoms with E-state index in [0.29, 0.717) is 13.2 Å². The molecule has 0 aliphatic heterocycles. The Bertz CT molecular complexity index is 130. The summed E-state index contributed by atoms with van der Waals surface area (Å²) in [6.45, 7) is 6.60. The molecule has 3 atom stereocenters. The van der Waals surface area contributed by atoms with Gasteiger partial charge in [-0.05, 0) is 20.8 Å². The van der Waals surface area contributed by atoms with Crippen molar-refractivity contribution in [1.29, 1.82) is 0 Å². The van der Waals surface area contributed by atoms with Crippen molar-refractivity contribution >= 4 is 0 Å². The Morgan fingerprint density at radius 2 is 1.50 bits per heavy atom. The van der Waals surface area contributed by atoms with Gasteiger partial charge in [-0.1, -0.05) is 0 Å². The molecule has 16 heavy (non-hydrogen) atoms. The Hall–Kier alpha value is -0.200. The average molecular weight is 238 g/mol. The normalized spacial score (nSPS) is 15.9. The van der Waals surface area contributed by atoms with Crippen molar-refractivity contribution in [2.75, 3.05) is 34.0 Å². The summed E-state index contributed by atoms with van der Waals surface area (Å²) in [7, 11) is 3.34. The molecule has 0 amide bonds. The molecule has 5 nitrogen and oxygen atoms in total. The van der Waals surface area contributed by atoms with Crippen LogP contribution in [0.4, 0.5) is 0 Å². The van der Waals surface area contributed by atoms with Gasteiger partial charge in [0.2, 0.25) is 0 Å². The predicted molar refractivity (Wildman–Crippen MR) is 62.5 cm³/mol. The molecule has 3 unspecified atom stereocenters. The van der Waals surface area contributed by atoms with Gasteiger partial charge in [0.1, 0.15) is 0 Å². The van der Waals surface area contributed by atoms with Crippen LogP contribution in [0, 0.1) is 0 Å². The lowest BCUT2D eigenvalue weighted by molar-refractivity contribution is -0.0386. The fraction of sp³-hybridized carbons (Fsp3) is 1.00. The number of ether oxygens (including phenoxy) is 3. The highest BCUT2D eigenvalue weighted by Gasteiger charge is 2.04. The van der Waals surface area contributed by atoms with Gasteiger partial charge in [-0.2, -0.15) is 0 Å². The first-order valence-electron chi connectivity index (χ1n) is 5.40. The lowest BCUT2D eigenvalue weighted by atomic mass is 10.4. The fourth-order valence-electron chi connectivity index (χ4n) is 0.651. The van der Waals surface area contributed by atoms with Crippen LogP contribution in [-0.2, 0) is 14.2 Å². The van der Waals surface area contributed by atoms with Gasteiger partial charge in [-0.15, -0.1) is 0 Å². The number of aliphatic hydroxyl groups is 2. The van der Waals surface area contributed by atoms with Crippen LogP contribution in [0.15, 0.2) is 0 Å². The minimum atomic E-state index is -0.560. The first-order valence-corrected chi connectivity index (χ1v) is 5.40. The van der Waals surface area contributed by atoms with E-state index >= 15 is 0 Å². The average Bonchev–Trinajstić information content (AvgIpc) is 2.27. The van der Waals surface area contributed by atoms with Gasteiger partial charge in [-0.3, -0.25) is 0 Å². The molecule has 5 heteroatoms. The molecule has 100 valence electrons. The van der Waals surface area contributed by atoms with Crippen LogP contribution in [0.5, 0.6) is 0 Å². The Balaban J connectivity index is 0. The summed E-state index contributed by atoms with van der Waals surface area (Å²) in [6, 6.07) is 0. The molecule has 0 aliphatic rings. The van der Waals surface area contributed by atoms with E-state index in [0.717, 1.165) is 0 Å². The molecule has 0 rings (SSSR count). The van der Waals surface area contributed by atoms with E-state index in [1.165, 1.54) is 6.92 Å². The molecular weight excluding hydrogens is 212 g/mol. The zero-order chi connectivity index (χ0) is 13.0. The summed E-state index contributed by atoms with van der Waals surface area (Å²) in [6.07, 6.45) is -0.248. The third-order valence-electron chi connectivity index (χ3n) is 1.68. The molecule has 0 aromatic rings. The summed E-state index contributed by atoms with van der Waals surface area (Å²) in [5.41, 5.74) is 0. The van der Waals surface area contributed by atoms with Crippen molar-refractivity contribution in [2.45, 2.75) is 39.1 Å². The molecule has 0 aliphatic carbocycles. The number of methoxy groups -OCH3 is 2. The van der Waals surface area contributed by atoms with E-state index in [1.807, 2.05) is 13.8 Å². The SMILES string of the molecule is CC(O)CO.COCC(C)OCC(C)OC. The number of hydrogen-bond donors (Lipinski definition) is 2. The molecule has 0 heterocycles. The molecule has 0 saturated heterocycles. The maximum atomic E-state index is 8.11. The zero-order valence-corrected chi connectivity index (χ0v) is 11.0. The molecule has 0 spiro atoms. The molecule has 2 N–H and O–H groups in total. The van der Waals surface area contributed by atoms with Crippen molar-refractivity contribution in [3.05, 3.63) is 0 Å². The van der Waals surface area contributed by atoms with E-state index in [1.54, 1.807) is 14.2 Å². The van der Waals surface area contributed by atoms with Crippen molar-refractivity contribution < 1.29 is 24.4 Å². The van der Waals surface area contributed by atoms with Crippen LogP contribution in [0.3, 0.4) is 0 Å². The Morgan fingerprint density at radius 1 is 1.00 bits per heavy atom. The summed E-state index contributed by atoms with van der Waals surface area (Å²) in [5, 5.41) is 16.0. The highest BCUT2D eigenvalue weighted by Crippen LogP contribution is 1.95. The van der Waals surface area contributed by atoms with Crippen molar-refractivity contribution in [3.8, 4) is 0 Å². The molecule has 0 aromatic carbocycles. The molecular formula is C11H26O5. The van der Waals surface area contributed by atoms with Gasteiger partial charge in [0, 0.05) is 14.2 Å². The fourth-order valence-corrected chi connectivity index (χ4v) is 0.651. The minimum absolute atomic E-state index is 0.139. The quantitative estimate of drug-likeness (QED) is 0.673. The van der Waals surface area contributed by atoms with Gasteiger partial charge < -0.3 is 24.4 Å². The lowest BCUT2D eigenvalue weighted by Crippen LogP contribution is -2.21. The maximum Gasteiger partial charge on any atom is 0.0781 e. The molecule has 0 saturated carbocycles. The zero-order valence-electron chi connectivity index (χ0n) is 11.0. The van der Waals surface area contributed by atoms with Gasteiger partial charge in [-0.25, -0.2) is 0 Å². The van der Waals surface area contributed by atoms with Gasteiger partial charge in [0.05, 0.1) is 38.1 Å². The smallest absolute Gasteiger partial charge is 0.0781 e. The highest BCUT2D eigenvalue weighted by molar-refractivity contribution is 4.50. The molecule has 0 bridgehead atoms. The van der Waals surface area contributed by atoms with E-state index in [2.05, 4.69) is 0 Å². The Labute approximate surface area is 98.3 Å². The number of hydrogen-bond acceptors (Lipinski definition) is 5. The second-order valence-electron chi connectivity index (χ2n) is 3.68. The molecule has 0 radical (unpaired) electrons. The lowest BCUT2D eigenvalue weighted by Gasteiger charge is -2.14. The first-order chi connectivity index (χ1) is 7.47. The third kappa shape index (κ3) is 16.2. The summed E-state index contributed by atoms with van der Waals surface area (Å²) in [5.74, 6) is 0. The van der Waals surface area contributed by atoms with Crippen LogP contribution in [0.25, 0.3) is 0 Å². The van der Waals surface area contributed by atoms with Crippen molar-refractivity contribution in [2.24, 2.45) is 0 Å². The van der Waals surface area contributed by atoms with E-state index in [4.69, 9.17) is 24.4 Å². The second kappa shape index (κ2) is 12.9. The van der Waals surface area contributed by atoms with Crippen LogP contribution < -0.4 is 0 Å². The summed E-state index contributed by atoms with van der Waals surface area (Å²) in [4.78, 5) is 0. The monoisotopic (exact) mass is 238 g/mol. The van der Waals surface area contributed by atoms with Gasteiger partial charge in [0.15, 0.2) is 0 Å². The number of rotatable bonds is 7. The van der Waals surface area contributed by atoms with Crippen LogP contribution in [0.2, 0.25) is 0 Å². The summed E-state index contributed by atoms with van der Waals surface area (Å²) < 4.78 is 15.3. The predicted octanol–water partition coefficient (Wildman–Crippen LogP) is 0.432. The van der Waals surface area contributed by atoms with Crippen LogP contribution >= 0.6 is 0 Å². The van der Waals surface area contributed by atoms with Crippen molar-refractivity contribution in [1.82, 2.24) is 0 Å². The standard InChI is InChI=1S/C8H18O3.C3H8O2/c1-7(10-4)6-11-8(2)5-9-3;1-3(5)2-4/h7-8H,5-6H2,1-4H3;3-5H,2H2,1H3. The summed E-state index contributed by atoms with van der Waals surface area (Å²) >= 11 is 0. The highest BCUT2D eigenvalue weighted by atomic mass is 16.5. The van der Waals surface area contributed by atoms with Gasteiger partial charge >= 0.3 is 0 Å². The largest absolute Gasteiger partial charge is 0.394 e. The van der Waals surface area contributed by atoms with Crippen LogP contribution in [0.1, 0.15) is 20.8 Å². The Morgan fingerprint density at radius 3 is 1.81 bits per heavy atom. The second-order valence-corrected chi connectivity index (χ2v) is 3.68.